The van der Waals surface area contributed by atoms with E-state index in [-0.39, 0.29) is 5.78 Å². The first-order valence-corrected chi connectivity index (χ1v) is 6.77. The van der Waals surface area contributed by atoms with Crippen molar-refractivity contribution in [2.45, 2.75) is 13.3 Å². The van der Waals surface area contributed by atoms with Crippen LogP contribution in [0.1, 0.15) is 21.5 Å². The molecule has 92 valence electrons. The average Bonchev–Trinajstić information content (AvgIpc) is 2.32. The fraction of sp³-hybridized carbons (Fsp3) is 0.133. The van der Waals surface area contributed by atoms with Crippen molar-refractivity contribution in [3.63, 3.8) is 0 Å². The van der Waals surface area contributed by atoms with Gasteiger partial charge in [-0.15, -0.1) is 0 Å². The van der Waals surface area contributed by atoms with E-state index < -0.39 is 0 Å². The smallest absolute Gasteiger partial charge is 0.167 e. The molecular weight excluding hydrogens is 312 g/mol. The molecule has 0 radical (unpaired) electrons. The molecule has 2 aromatic rings. The fourth-order valence-electron chi connectivity index (χ4n) is 1.75. The third-order valence-electron chi connectivity index (χ3n) is 2.73. The summed E-state index contributed by atoms with van der Waals surface area (Å²) in [5.74, 6) is 0.105. The predicted octanol–water partition coefficient (Wildman–Crippen LogP) is 4.84. The van der Waals surface area contributed by atoms with Crippen LogP contribution in [0.25, 0.3) is 0 Å². The number of halogens is 2. The zero-order chi connectivity index (χ0) is 13.1. The van der Waals surface area contributed by atoms with Crippen LogP contribution in [0.4, 0.5) is 0 Å². The van der Waals surface area contributed by atoms with Crippen LogP contribution in [-0.4, -0.2) is 5.78 Å². The van der Waals surface area contributed by atoms with E-state index in [1.165, 1.54) is 0 Å². The molecule has 0 spiro atoms. The van der Waals surface area contributed by atoms with Crippen molar-refractivity contribution in [1.29, 1.82) is 0 Å². The lowest BCUT2D eigenvalue weighted by molar-refractivity contribution is 0.0993. The van der Waals surface area contributed by atoms with Gasteiger partial charge in [0.25, 0.3) is 0 Å². The topological polar surface area (TPSA) is 17.1 Å². The Kier molecular flexibility index (Phi) is 4.20. The van der Waals surface area contributed by atoms with Gasteiger partial charge in [0.05, 0.1) is 0 Å². The Bertz CT molecular complexity index is 593. The van der Waals surface area contributed by atoms with Crippen molar-refractivity contribution in [3.05, 3.63) is 68.7 Å². The summed E-state index contributed by atoms with van der Waals surface area (Å²) in [6, 6.07) is 13.2. The van der Waals surface area contributed by atoms with Gasteiger partial charge in [0.2, 0.25) is 0 Å². The minimum atomic E-state index is 0.105. The summed E-state index contributed by atoms with van der Waals surface area (Å²) in [5, 5.41) is 0.689. The van der Waals surface area contributed by atoms with E-state index in [0.29, 0.717) is 17.0 Å². The minimum absolute atomic E-state index is 0.105. The Balaban J connectivity index is 2.19. The molecular formula is C15H12BrClO. The summed E-state index contributed by atoms with van der Waals surface area (Å²) in [6.07, 6.45) is 0.403. The molecule has 0 fully saturated rings. The van der Waals surface area contributed by atoms with E-state index in [0.717, 1.165) is 15.6 Å². The highest BCUT2D eigenvalue weighted by Gasteiger charge is 2.08. The van der Waals surface area contributed by atoms with Gasteiger partial charge in [0.1, 0.15) is 0 Å². The third-order valence-corrected chi connectivity index (χ3v) is 3.65. The van der Waals surface area contributed by atoms with Crippen LogP contribution in [0.15, 0.2) is 46.9 Å². The van der Waals surface area contributed by atoms with Crippen LogP contribution >= 0.6 is 27.5 Å². The number of carbonyl (C=O) groups is 1. The van der Waals surface area contributed by atoms with Gasteiger partial charge in [0, 0.05) is 21.5 Å². The van der Waals surface area contributed by atoms with E-state index in [4.69, 9.17) is 11.6 Å². The molecule has 0 aromatic heterocycles. The summed E-state index contributed by atoms with van der Waals surface area (Å²) in [7, 11) is 0. The van der Waals surface area contributed by atoms with Crippen LogP contribution in [0, 0.1) is 6.92 Å². The molecule has 0 aliphatic carbocycles. The monoisotopic (exact) mass is 322 g/mol. The maximum absolute atomic E-state index is 12.1. The molecule has 0 saturated carbocycles. The number of carbonyl (C=O) groups excluding carboxylic acids is 1. The lowest BCUT2D eigenvalue weighted by Gasteiger charge is -2.04. The van der Waals surface area contributed by atoms with E-state index in [9.17, 15) is 4.79 Å². The van der Waals surface area contributed by atoms with E-state index in [1.54, 1.807) is 12.1 Å². The second-order valence-corrected chi connectivity index (χ2v) is 5.52. The zero-order valence-corrected chi connectivity index (χ0v) is 12.3. The molecule has 18 heavy (non-hydrogen) atoms. The SMILES string of the molecule is Cc1cc(C(=O)Cc2cccc(Br)c2)ccc1Cl. The second kappa shape index (κ2) is 5.68. The zero-order valence-electron chi connectivity index (χ0n) is 9.91. The van der Waals surface area contributed by atoms with Crippen molar-refractivity contribution in [1.82, 2.24) is 0 Å². The number of Topliss-reactive ketones (excluding diaryl/α,β-unsaturated/α-hetero) is 1. The molecule has 0 bridgehead atoms. The molecule has 0 aliphatic rings. The Hall–Kier alpha value is -1.12. The highest BCUT2D eigenvalue weighted by molar-refractivity contribution is 9.10. The maximum Gasteiger partial charge on any atom is 0.167 e. The van der Waals surface area contributed by atoms with Gasteiger partial charge >= 0.3 is 0 Å². The Morgan fingerprint density at radius 2 is 2.00 bits per heavy atom. The van der Waals surface area contributed by atoms with Crippen LogP contribution in [0.5, 0.6) is 0 Å². The molecule has 0 saturated heterocycles. The Morgan fingerprint density at radius 3 is 2.67 bits per heavy atom. The number of hydrogen-bond acceptors (Lipinski definition) is 1. The normalized spacial score (nSPS) is 10.4. The summed E-state index contributed by atoms with van der Waals surface area (Å²) in [5.41, 5.74) is 2.63. The largest absolute Gasteiger partial charge is 0.294 e. The minimum Gasteiger partial charge on any atom is -0.294 e. The molecule has 0 N–H and O–H groups in total. The number of ketones is 1. The number of rotatable bonds is 3. The highest BCUT2D eigenvalue weighted by Crippen LogP contribution is 2.18. The molecule has 0 aliphatic heterocycles. The van der Waals surface area contributed by atoms with Crippen molar-refractivity contribution < 1.29 is 4.79 Å². The molecule has 1 nitrogen and oxygen atoms in total. The van der Waals surface area contributed by atoms with Crippen molar-refractivity contribution >= 4 is 33.3 Å². The van der Waals surface area contributed by atoms with Crippen molar-refractivity contribution in [2.75, 3.05) is 0 Å². The van der Waals surface area contributed by atoms with Crippen LogP contribution in [-0.2, 0) is 6.42 Å². The molecule has 0 amide bonds. The molecule has 0 unspecified atom stereocenters. The average molecular weight is 324 g/mol. The molecule has 3 heteroatoms. The number of benzene rings is 2. The van der Waals surface area contributed by atoms with Gasteiger partial charge in [-0.25, -0.2) is 0 Å². The third kappa shape index (κ3) is 3.21. The van der Waals surface area contributed by atoms with Gasteiger partial charge < -0.3 is 0 Å². The fourth-order valence-corrected chi connectivity index (χ4v) is 2.32. The maximum atomic E-state index is 12.1. The van der Waals surface area contributed by atoms with E-state index in [1.807, 2.05) is 37.3 Å². The van der Waals surface area contributed by atoms with Gasteiger partial charge in [-0.2, -0.15) is 0 Å². The Labute approximate surface area is 120 Å². The van der Waals surface area contributed by atoms with E-state index >= 15 is 0 Å². The lowest BCUT2D eigenvalue weighted by atomic mass is 10.0. The molecule has 0 atom stereocenters. The summed E-state index contributed by atoms with van der Waals surface area (Å²) < 4.78 is 0.986. The van der Waals surface area contributed by atoms with Crippen LogP contribution in [0.2, 0.25) is 5.02 Å². The standard InChI is InChI=1S/C15H12BrClO/c1-10-7-12(5-6-14(10)17)15(18)9-11-3-2-4-13(16)8-11/h2-8H,9H2,1H3. The molecule has 2 aromatic carbocycles. The van der Waals surface area contributed by atoms with Crippen LogP contribution < -0.4 is 0 Å². The van der Waals surface area contributed by atoms with Gasteiger partial charge in [-0.1, -0.05) is 39.7 Å². The van der Waals surface area contributed by atoms with Gasteiger partial charge in [-0.3, -0.25) is 4.79 Å². The predicted molar refractivity (Wildman–Crippen MR) is 78.4 cm³/mol. The lowest BCUT2D eigenvalue weighted by Crippen LogP contribution is -2.03. The number of hydrogen-bond donors (Lipinski definition) is 0. The van der Waals surface area contributed by atoms with Crippen molar-refractivity contribution in [3.8, 4) is 0 Å². The summed E-state index contributed by atoms with van der Waals surface area (Å²) in [6.45, 7) is 1.90. The highest BCUT2D eigenvalue weighted by atomic mass is 79.9. The summed E-state index contributed by atoms with van der Waals surface area (Å²) in [4.78, 5) is 12.1. The Morgan fingerprint density at radius 1 is 1.22 bits per heavy atom. The number of aryl methyl sites for hydroxylation is 1. The summed E-state index contributed by atoms with van der Waals surface area (Å²) >= 11 is 9.35. The first-order chi connectivity index (χ1) is 8.56. The first-order valence-electron chi connectivity index (χ1n) is 5.60. The van der Waals surface area contributed by atoms with Crippen molar-refractivity contribution in [2.24, 2.45) is 0 Å². The molecule has 2 rings (SSSR count). The van der Waals surface area contributed by atoms with Crippen LogP contribution in [0.3, 0.4) is 0 Å². The van der Waals surface area contributed by atoms with Gasteiger partial charge in [-0.05, 0) is 48.4 Å². The van der Waals surface area contributed by atoms with Gasteiger partial charge in [0.15, 0.2) is 5.78 Å². The molecule has 0 heterocycles. The second-order valence-electron chi connectivity index (χ2n) is 4.19. The quantitative estimate of drug-likeness (QED) is 0.739. The van der Waals surface area contributed by atoms with E-state index in [2.05, 4.69) is 15.9 Å². The first kappa shape index (κ1) is 13.3.